The third kappa shape index (κ3) is 2.90. The molecule has 0 unspecified atom stereocenters. The van der Waals surface area contributed by atoms with E-state index in [2.05, 4.69) is 5.32 Å². The summed E-state index contributed by atoms with van der Waals surface area (Å²) in [4.78, 5) is 24.9. The molecular formula is C18H19N3O3. The number of hydrogen-bond acceptors (Lipinski definition) is 3. The van der Waals surface area contributed by atoms with E-state index >= 15 is 0 Å². The first-order valence-electron chi connectivity index (χ1n) is 7.87. The summed E-state index contributed by atoms with van der Waals surface area (Å²) in [5.74, 6) is -0.371. The van der Waals surface area contributed by atoms with E-state index in [0.717, 1.165) is 17.5 Å². The van der Waals surface area contributed by atoms with Crippen LogP contribution < -0.4 is 11.0 Å². The van der Waals surface area contributed by atoms with E-state index in [4.69, 9.17) is 0 Å². The Morgan fingerprint density at radius 3 is 2.33 bits per heavy atom. The Labute approximate surface area is 139 Å². The maximum atomic E-state index is 12.6. The number of aromatic hydroxyl groups is 1. The molecule has 0 aliphatic rings. The van der Waals surface area contributed by atoms with Gasteiger partial charge in [0.2, 0.25) is 5.91 Å². The summed E-state index contributed by atoms with van der Waals surface area (Å²) in [6, 6.07) is 13.9. The second-order valence-electron chi connectivity index (χ2n) is 5.57. The predicted molar refractivity (Wildman–Crippen MR) is 93.2 cm³/mol. The van der Waals surface area contributed by atoms with Gasteiger partial charge in [0.15, 0.2) is 0 Å². The number of nitrogens with one attached hydrogen (secondary N) is 1. The van der Waals surface area contributed by atoms with Gasteiger partial charge < -0.3 is 10.4 Å². The smallest absolute Gasteiger partial charge is 0.329 e. The van der Waals surface area contributed by atoms with Gasteiger partial charge in [0, 0.05) is 6.54 Å². The number of aromatic nitrogens is 2. The highest BCUT2D eigenvalue weighted by Crippen LogP contribution is 2.21. The quantitative estimate of drug-likeness (QED) is 0.708. The van der Waals surface area contributed by atoms with Gasteiger partial charge >= 0.3 is 5.69 Å². The number of hydrogen-bond donors (Lipinski definition) is 2. The SMILES string of the molecule is CCCn1c(=O)n(CC(=O)Nc2ccccc2O)c2ccccc21. The Balaban J connectivity index is 1.93. The molecular weight excluding hydrogens is 306 g/mol. The van der Waals surface area contributed by atoms with Gasteiger partial charge in [-0.25, -0.2) is 4.79 Å². The van der Waals surface area contributed by atoms with Gasteiger partial charge in [-0.05, 0) is 30.7 Å². The van der Waals surface area contributed by atoms with E-state index in [1.807, 2.05) is 31.2 Å². The number of nitrogens with zero attached hydrogens (tertiary/aromatic N) is 2. The molecule has 0 aliphatic carbocycles. The summed E-state index contributed by atoms with van der Waals surface area (Å²) in [5, 5.41) is 12.4. The number of amides is 1. The number of rotatable bonds is 5. The molecule has 0 saturated carbocycles. The highest BCUT2D eigenvalue weighted by molar-refractivity contribution is 5.93. The summed E-state index contributed by atoms with van der Waals surface area (Å²) >= 11 is 0. The fraction of sp³-hybridized carbons (Fsp3) is 0.222. The average molecular weight is 325 g/mol. The van der Waals surface area contributed by atoms with Crippen LogP contribution in [0.5, 0.6) is 5.75 Å². The van der Waals surface area contributed by atoms with Crippen LogP contribution >= 0.6 is 0 Å². The first kappa shape index (κ1) is 15.9. The second kappa shape index (κ2) is 6.62. The Morgan fingerprint density at radius 1 is 1.04 bits per heavy atom. The molecule has 3 aromatic rings. The van der Waals surface area contributed by atoms with Crippen molar-refractivity contribution in [3.8, 4) is 5.75 Å². The van der Waals surface area contributed by atoms with Crippen molar-refractivity contribution in [1.82, 2.24) is 9.13 Å². The van der Waals surface area contributed by atoms with Gasteiger partial charge in [-0.2, -0.15) is 0 Å². The molecule has 1 amide bonds. The van der Waals surface area contributed by atoms with Crippen molar-refractivity contribution in [3.05, 3.63) is 59.0 Å². The van der Waals surface area contributed by atoms with Crippen LogP contribution in [0.25, 0.3) is 11.0 Å². The summed E-state index contributed by atoms with van der Waals surface area (Å²) in [6.45, 7) is 2.50. The minimum Gasteiger partial charge on any atom is -0.506 e. The van der Waals surface area contributed by atoms with Crippen LogP contribution in [0.1, 0.15) is 13.3 Å². The maximum absolute atomic E-state index is 12.6. The maximum Gasteiger partial charge on any atom is 0.329 e. The van der Waals surface area contributed by atoms with Crippen LogP contribution in [0.2, 0.25) is 0 Å². The van der Waals surface area contributed by atoms with Crippen LogP contribution in [-0.2, 0) is 17.9 Å². The minimum absolute atomic E-state index is 0.00777. The Hall–Kier alpha value is -3.02. The van der Waals surface area contributed by atoms with E-state index in [-0.39, 0.29) is 23.9 Å². The number of benzene rings is 2. The van der Waals surface area contributed by atoms with Gasteiger partial charge in [-0.15, -0.1) is 0 Å². The molecule has 6 heteroatoms. The molecule has 0 aliphatic heterocycles. The zero-order valence-electron chi connectivity index (χ0n) is 13.4. The highest BCUT2D eigenvalue weighted by Gasteiger charge is 2.15. The van der Waals surface area contributed by atoms with Gasteiger partial charge in [0.05, 0.1) is 16.7 Å². The molecule has 0 fully saturated rings. The third-order valence-electron chi connectivity index (χ3n) is 3.85. The number of phenolic OH excluding ortho intramolecular Hbond substituents is 1. The highest BCUT2D eigenvalue weighted by atomic mass is 16.3. The molecule has 0 bridgehead atoms. The van der Waals surface area contributed by atoms with Crippen molar-refractivity contribution in [1.29, 1.82) is 0 Å². The standard InChI is InChI=1S/C18H19N3O3/c1-2-11-20-14-8-4-5-9-15(14)21(18(20)24)12-17(23)19-13-7-3-6-10-16(13)22/h3-10,22H,2,11-12H2,1H3,(H,19,23). The van der Waals surface area contributed by atoms with Gasteiger partial charge in [0.1, 0.15) is 12.3 Å². The monoisotopic (exact) mass is 325 g/mol. The number of fused-ring (bicyclic) bond motifs is 1. The number of anilines is 1. The number of carbonyl (C=O) groups is 1. The van der Waals surface area contributed by atoms with E-state index in [1.165, 1.54) is 10.6 Å². The fourth-order valence-corrected chi connectivity index (χ4v) is 2.78. The van der Waals surface area contributed by atoms with Crippen LogP contribution in [0.15, 0.2) is 53.3 Å². The van der Waals surface area contributed by atoms with E-state index < -0.39 is 0 Å². The summed E-state index contributed by atoms with van der Waals surface area (Å²) in [6.07, 6.45) is 0.831. The zero-order valence-corrected chi connectivity index (χ0v) is 13.4. The van der Waals surface area contributed by atoms with Crippen molar-refractivity contribution < 1.29 is 9.90 Å². The fourth-order valence-electron chi connectivity index (χ4n) is 2.78. The van der Waals surface area contributed by atoms with Crippen molar-refractivity contribution in [2.45, 2.75) is 26.4 Å². The van der Waals surface area contributed by atoms with Crippen molar-refractivity contribution in [2.75, 3.05) is 5.32 Å². The van der Waals surface area contributed by atoms with Gasteiger partial charge in [-0.3, -0.25) is 13.9 Å². The molecule has 0 radical (unpaired) electrons. The van der Waals surface area contributed by atoms with Crippen LogP contribution in [0.3, 0.4) is 0 Å². The topological polar surface area (TPSA) is 76.3 Å². The summed E-state index contributed by atoms with van der Waals surface area (Å²) < 4.78 is 3.14. The Morgan fingerprint density at radius 2 is 1.67 bits per heavy atom. The number of carbonyl (C=O) groups excluding carboxylic acids is 1. The molecule has 2 aromatic carbocycles. The number of imidazole rings is 1. The van der Waals surface area contributed by atoms with Gasteiger partial charge in [-0.1, -0.05) is 31.2 Å². The van der Waals surface area contributed by atoms with Crippen molar-refractivity contribution in [2.24, 2.45) is 0 Å². The zero-order chi connectivity index (χ0) is 17.1. The van der Waals surface area contributed by atoms with Crippen LogP contribution in [0.4, 0.5) is 5.69 Å². The third-order valence-corrected chi connectivity index (χ3v) is 3.85. The largest absolute Gasteiger partial charge is 0.506 e. The van der Waals surface area contributed by atoms with E-state index in [0.29, 0.717) is 12.2 Å². The number of phenols is 1. The second-order valence-corrected chi connectivity index (χ2v) is 5.57. The lowest BCUT2D eigenvalue weighted by molar-refractivity contribution is -0.116. The number of para-hydroxylation sites is 4. The number of aryl methyl sites for hydroxylation is 1. The molecule has 0 spiro atoms. The normalized spacial score (nSPS) is 10.9. The van der Waals surface area contributed by atoms with E-state index in [1.54, 1.807) is 22.8 Å². The molecule has 2 N–H and O–H groups in total. The molecule has 1 aromatic heterocycles. The summed E-state index contributed by atoms with van der Waals surface area (Å²) in [7, 11) is 0. The van der Waals surface area contributed by atoms with E-state index in [9.17, 15) is 14.7 Å². The molecule has 0 saturated heterocycles. The molecule has 6 nitrogen and oxygen atoms in total. The lowest BCUT2D eigenvalue weighted by atomic mass is 10.3. The van der Waals surface area contributed by atoms with Crippen LogP contribution in [0, 0.1) is 0 Å². The predicted octanol–water partition coefficient (Wildman–Crippen LogP) is 2.56. The molecule has 0 atom stereocenters. The Bertz CT molecular complexity index is 940. The average Bonchev–Trinajstić information content (AvgIpc) is 2.83. The first-order valence-corrected chi connectivity index (χ1v) is 7.87. The lowest BCUT2D eigenvalue weighted by Crippen LogP contribution is -2.29. The van der Waals surface area contributed by atoms with Gasteiger partial charge in [0.25, 0.3) is 0 Å². The lowest BCUT2D eigenvalue weighted by Gasteiger charge is -2.07. The van der Waals surface area contributed by atoms with Crippen molar-refractivity contribution in [3.63, 3.8) is 0 Å². The molecule has 1 heterocycles. The molecule has 124 valence electrons. The molecule has 3 rings (SSSR count). The molecule has 24 heavy (non-hydrogen) atoms. The minimum atomic E-state index is -0.363. The Kier molecular flexibility index (Phi) is 4.37. The first-order chi connectivity index (χ1) is 11.6. The summed E-state index contributed by atoms with van der Waals surface area (Å²) in [5.41, 5.74) is 1.67. The van der Waals surface area contributed by atoms with Crippen molar-refractivity contribution >= 4 is 22.6 Å². The van der Waals surface area contributed by atoms with Crippen LogP contribution in [-0.4, -0.2) is 20.1 Å².